The van der Waals surface area contributed by atoms with Crippen LogP contribution in [0.5, 0.6) is 0 Å². The average molecular weight is 447 g/mol. The summed E-state index contributed by atoms with van der Waals surface area (Å²) in [4.78, 5) is 31.0. The fraction of sp³-hybridized carbons (Fsp3) is 0.524. The van der Waals surface area contributed by atoms with Crippen LogP contribution >= 0.6 is 15.9 Å². The minimum Gasteiger partial charge on any atom is -0.347 e. The lowest BCUT2D eigenvalue weighted by atomic mass is 10.2. The number of hydrogen-bond donors (Lipinski definition) is 0. The molecule has 2 fully saturated rings. The van der Waals surface area contributed by atoms with Gasteiger partial charge in [-0.25, -0.2) is 0 Å². The molecule has 3 heterocycles. The summed E-state index contributed by atoms with van der Waals surface area (Å²) in [6.07, 6.45) is 4.80. The molecule has 6 nitrogen and oxygen atoms in total. The number of nitrogens with zero attached hydrogens (tertiary/aromatic N) is 4. The van der Waals surface area contributed by atoms with Crippen LogP contribution in [0.2, 0.25) is 0 Å². The third-order valence-corrected chi connectivity index (χ3v) is 6.34. The highest BCUT2D eigenvalue weighted by Gasteiger charge is 2.25. The van der Waals surface area contributed by atoms with Gasteiger partial charge in [-0.15, -0.1) is 0 Å². The number of halogens is 1. The van der Waals surface area contributed by atoms with Crippen LogP contribution < -0.4 is 0 Å². The van der Waals surface area contributed by atoms with Crippen molar-refractivity contribution in [1.82, 2.24) is 19.3 Å². The number of hydrogen-bond acceptors (Lipinski definition) is 3. The van der Waals surface area contributed by atoms with Crippen molar-refractivity contribution >= 4 is 38.6 Å². The Balaban J connectivity index is 1.24. The van der Waals surface area contributed by atoms with Gasteiger partial charge in [0.25, 0.3) is 0 Å². The van der Waals surface area contributed by atoms with Crippen LogP contribution in [0, 0.1) is 0 Å². The molecule has 1 aromatic carbocycles. The summed E-state index contributed by atoms with van der Waals surface area (Å²) in [5.74, 6) is 0.435. The van der Waals surface area contributed by atoms with Gasteiger partial charge in [-0.1, -0.05) is 22.0 Å². The lowest BCUT2D eigenvalue weighted by Gasteiger charge is -2.35. The van der Waals surface area contributed by atoms with Crippen molar-refractivity contribution in [3.05, 3.63) is 34.9 Å². The summed E-state index contributed by atoms with van der Waals surface area (Å²) in [6.45, 7) is 5.98. The van der Waals surface area contributed by atoms with E-state index in [4.69, 9.17) is 0 Å². The molecule has 0 bridgehead atoms. The van der Waals surface area contributed by atoms with E-state index in [0.29, 0.717) is 32.6 Å². The van der Waals surface area contributed by atoms with Gasteiger partial charge in [-0.05, 0) is 36.4 Å². The van der Waals surface area contributed by atoms with Crippen LogP contribution in [0.4, 0.5) is 0 Å². The largest absolute Gasteiger partial charge is 0.347 e. The van der Waals surface area contributed by atoms with E-state index in [9.17, 15) is 9.59 Å². The topological polar surface area (TPSA) is 48.8 Å². The maximum Gasteiger partial charge on any atom is 0.236 e. The van der Waals surface area contributed by atoms with Crippen molar-refractivity contribution in [2.45, 2.75) is 25.8 Å². The number of likely N-dealkylation sites (tertiary alicyclic amines) is 1. The van der Waals surface area contributed by atoms with Crippen molar-refractivity contribution in [2.24, 2.45) is 0 Å². The predicted octanol–water partition coefficient (Wildman–Crippen LogP) is 2.56. The fourth-order valence-corrected chi connectivity index (χ4v) is 4.49. The van der Waals surface area contributed by atoms with Crippen molar-refractivity contribution in [1.29, 1.82) is 0 Å². The molecule has 2 amide bonds. The Morgan fingerprint density at radius 1 is 0.893 bits per heavy atom. The second kappa shape index (κ2) is 8.66. The van der Waals surface area contributed by atoms with Crippen LogP contribution in [0.1, 0.15) is 19.3 Å². The Hall–Kier alpha value is -1.86. The van der Waals surface area contributed by atoms with E-state index in [0.717, 1.165) is 49.0 Å². The lowest BCUT2D eigenvalue weighted by Crippen LogP contribution is -2.51. The van der Waals surface area contributed by atoms with Gasteiger partial charge in [-0.3, -0.25) is 14.5 Å². The molecule has 7 heteroatoms. The zero-order valence-electron chi connectivity index (χ0n) is 16.1. The number of aromatic nitrogens is 1. The van der Waals surface area contributed by atoms with Gasteiger partial charge >= 0.3 is 0 Å². The number of carbonyl (C=O) groups excluding carboxylic acids is 2. The van der Waals surface area contributed by atoms with E-state index < -0.39 is 0 Å². The molecule has 0 spiro atoms. The summed E-state index contributed by atoms with van der Waals surface area (Å²) in [6, 6.07) is 8.30. The molecule has 0 N–H and O–H groups in total. The molecule has 0 aliphatic carbocycles. The molecule has 4 rings (SSSR count). The molecule has 2 aromatic rings. The van der Waals surface area contributed by atoms with Gasteiger partial charge in [0.2, 0.25) is 11.8 Å². The third-order valence-electron chi connectivity index (χ3n) is 5.85. The average Bonchev–Trinajstić information content (AvgIpc) is 3.37. The van der Waals surface area contributed by atoms with Gasteiger partial charge in [0.15, 0.2) is 0 Å². The number of benzene rings is 1. The minimum absolute atomic E-state index is 0.197. The molecule has 1 aromatic heterocycles. The van der Waals surface area contributed by atoms with E-state index >= 15 is 0 Å². The number of fused-ring (bicyclic) bond motifs is 1. The van der Waals surface area contributed by atoms with Gasteiger partial charge in [0, 0.05) is 68.4 Å². The van der Waals surface area contributed by atoms with Gasteiger partial charge < -0.3 is 14.4 Å². The molecule has 2 aliphatic heterocycles. The quantitative estimate of drug-likeness (QED) is 0.708. The van der Waals surface area contributed by atoms with Crippen LogP contribution in [0.15, 0.2) is 34.9 Å². The molecule has 0 saturated carbocycles. The SMILES string of the molecule is O=C(CCn1ccc2ccc(Br)cc21)N1CCN(CC(=O)N2CCCC2)CC1. The van der Waals surface area contributed by atoms with Gasteiger partial charge in [-0.2, -0.15) is 0 Å². The first-order valence-electron chi connectivity index (χ1n) is 10.1. The summed E-state index contributed by atoms with van der Waals surface area (Å²) in [5, 5.41) is 1.19. The first-order chi connectivity index (χ1) is 13.6. The highest BCUT2D eigenvalue weighted by atomic mass is 79.9. The maximum atomic E-state index is 12.6. The van der Waals surface area contributed by atoms with Crippen LogP contribution in [0.25, 0.3) is 10.9 Å². The smallest absolute Gasteiger partial charge is 0.236 e. The monoisotopic (exact) mass is 446 g/mol. The number of aryl methyl sites for hydroxylation is 1. The predicted molar refractivity (Wildman–Crippen MR) is 113 cm³/mol. The third kappa shape index (κ3) is 4.41. The molecular formula is C21H27BrN4O2. The van der Waals surface area contributed by atoms with Crippen LogP contribution in [-0.2, 0) is 16.1 Å². The normalized spacial score (nSPS) is 18.2. The van der Waals surface area contributed by atoms with E-state index in [1.807, 2.05) is 22.1 Å². The zero-order valence-corrected chi connectivity index (χ0v) is 17.7. The number of amides is 2. The minimum atomic E-state index is 0.197. The standard InChI is InChI=1S/C21H27BrN4O2/c22-18-4-3-17-5-9-24(19(17)15-18)10-6-20(27)26-13-11-23(12-14-26)16-21(28)25-7-1-2-8-25/h3-5,9,15H,1-2,6-8,10-14,16H2. The number of carbonyl (C=O) groups is 2. The Morgan fingerprint density at radius 3 is 2.36 bits per heavy atom. The fourth-order valence-electron chi connectivity index (χ4n) is 4.14. The second-order valence-electron chi connectivity index (χ2n) is 7.71. The Morgan fingerprint density at radius 2 is 1.61 bits per heavy atom. The van der Waals surface area contributed by atoms with Crippen molar-refractivity contribution in [2.75, 3.05) is 45.8 Å². The first-order valence-corrected chi connectivity index (χ1v) is 10.9. The highest BCUT2D eigenvalue weighted by molar-refractivity contribution is 9.10. The van der Waals surface area contributed by atoms with Crippen molar-refractivity contribution < 1.29 is 9.59 Å². The van der Waals surface area contributed by atoms with Crippen molar-refractivity contribution in [3.8, 4) is 0 Å². The van der Waals surface area contributed by atoms with Gasteiger partial charge in [0.05, 0.1) is 6.54 Å². The molecular weight excluding hydrogens is 420 g/mol. The lowest BCUT2D eigenvalue weighted by molar-refractivity contribution is -0.134. The van der Waals surface area contributed by atoms with Crippen LogP contribution in [0.3, 0.4) is 0 Å². The summed E-state index contributed by atoms with van der Waals surface area (Å²) < 4.78 is 3.19. The Bertz CT molecular complexity index is 851. The van der Waals surface area contributed by atoms with Crippen LogP contribution in [-0.4, -0.2) is 76.9 Å². The summed E-state index contributed by atoms with van der Waals surface area (Å²) in [7, 11) is 0. The number of piperazine rings is 1. The van der Waals surface area contributed by atoms with E-state index in [2.05, 4.69) is 43.6 Å². The Labute approximate surface area is 174 Å². The molecule has 0 radical (unpaired) electrons. The molecule has 150 valence electrons. The summed E-state index contributed by atoms with van der Waals surface area (Å²) >= 11 is 3.52. The molecule has 2 aliphatic rings. The zero-order chi connectivity index (χ0) is 19.5. The molecule has 0 atom stereocenters. The number of rotatable bonds is 5. The second-order valence-corrected chi connectivity index (χ2v) is 8.62. The summed E-state index contributed by atoms with van der Waals surface area (Å²) in [5.41, 5.74) is 1.15. The van der Waals surface area contributed by atoms with Crippen molar-refractivity contribution in [3.63, 3.8) is 0 Å². The highest BCUT2D eigenvalue weighted by Crippen LogP contribution is 2.21. The maximum absolute atomic E-state index is 12.6. The molecule has 0 unspecified atom stereocenters. The first kappa shape index (κ1) is 19.5. The molecule has 2 saturated heterocycles. The Kier molecular flexibility index (Phi) is 6.01. The van der Waals surface area contributed by atoms with E-state index in [1.165, 1.54) is 5.39 Å². The molecule has 28 heavy (non-hydrogen) atoms. The van der Waals surface area contributed by atoms with E-state index in [-0.39, 0.29) is 11.8 Å². The van der Waals surface area contributed by atoms with Gasteiger partial charge in [0.1, 0.15) is 0 Å². The van der Waals surface area contributed by atoms with E-state index in [1.54, 1.807) is 0 Å².